The third kappa shape index (κ3) is 6.53. The minimum Gasteiger partial charge on any atom is -0.357 e. The number of nitro benzene ring substituents is 1. The number of aliphatic imine (C=N–C) groups is 1. The van der Waals surface area contributed by atoms with Crippen molar-refractivity contribution in [1.29, 1.82) is 0 Å². The molecule has 0 aliphatic rings. The smallest absolute Gasteiger partial charge is 0.269 e. The van der Waals surface area contributed by atoms with Crippen molar-refractivity contribution in [3.63, 3.8) is 0 Å². The highest BCUT2D eigenvalue weighted by Crippen LogP contribution is 2.11. The SMILES string of the molecule is CCNC(=NCc1ccsc1)NCc1ccc([N+](=O)[O-])cc1.I. The van der Waals surface area contributed by atoms with Crippen LogP contribution in [0.25, 0.3) is 0 Å². The van der Waals surface area contributed by atoms with E-state index in [4.69, 9.17) is 0 Å². The number of hydrogen-bond acceptors (Lipinski definition) is 4. The molecule has 2 rings (SSSR count). The predicted molar refractivity (Wildman–Crippen MR) is 104 cm³/mol. The van der Waals surface area contributed by atoms with Crippen molar-refractivity contribution in [3.05, 3.63) is 62.3 Å². The van der Waals surface area contributed by atoms with E-state index in [0.717, 1.165) is 18.1 Å². The third-order valence-electron chi connectivity index (χ3n) is 2.95. The Kier molecular flexibility index (Phi) is 8.56. The van der Waals surface area contributed by atoms with E-state index >= 15 is 0 Å². The second-order valence-electron chi connectivity index (χ2n) is 4.60. The molecule has 0 amide bonds. The number of guanidine groups is 1. The Morgan fingerprint density at radius 1 is 1.22 bits per heavy atom. The molecule has 0 atom stereocenters. The number of benzene rings is 1. The van der Waals surface area contributed by atoms with Gasteiger partial charge >= 0.3 is 0 Å². The van der Waals surface area contributed by atoms with Gasteiger partial charge in [-0.1, -0.05) is 12.1 Å². The van der Waals surface area contributed by atoms with Crippen LogP contribution in [0.1, 0.15) is 18.1 Å². The van der Waals surface area contributed by atoms with Crippen molar-refractivity contribution in [2.75, 3.05) is 6.54 Å². The number of halogens is 1. The number of nitro groups is 1. The maximum absolute atomic E-state index is 10.6. The molecule has 0 aliphatic carbocycles. The molecule has 23 heavy (non-hydrogen) atoms. The van der Waals surface area contributed by atoms with E-state index in [2.05, 4.69) is 21.0 Å². The van der Waals surface area contributed by atoms with Crippen LogP contribution in [-0.2, 0) is 13.1 Å². The Bertz CT molecular complexity index is 629. The van der Waals surface area contributed by atoms with Gasteiger partial charge in [0.2, 0.25) is 0 Å². The summed E-state index contributed by atoms with van der Waals surface area (Å²) in [5.74, 6) is 0.729. The van der Waals surface area contributed by atoms with Gasteiger partial charge in [0, 0.05) is 25.2 Å². The molecule has 0 spiro atoms. The molecule has 1 aromatic carbocycles. The maximum Gasteiger partial charge on any atom is 0.269 e. The van der Waals surface area contributed by atoms with Crippen LogP contribution in [-0.4, -0.2) is 17.4 Å². The van der Waals surface area contributed by atoms with Crippen molar-refractivity contribution < 1.29 is 4.92 Å². The lowest BCUT2D eigenvalue weighted by molar-refractivity contribution is -0.384. The summed E-state index contributed by atoms with van der Waals surface area (Å²) in [5, 5.41) is 21.1. The molecule has 0 fully saturated rings. The first-order valence-corrected chi connectivity index (χ1v) is 7.90. The molecule has 6 nitrogen and oxygen atoms in total. The molecule has 1 heterocycles. The van der Waals surface area contributed by atoms with Crippen LogP contribution >= 0.6 is 35.3 Å². The summed E-state index contributed by atoms with van der Waals surface area (Å²) in [4.78, 5) is 14.7. The normalized spacial score (nSPS) is 10.7. The van der Waals surface area contributed by atoms with Crippen LogP contribution in [0.15, 0.2) is 46.1 Å². The van der Waals surface area contributed by atoms with Crippen LogP contribution in [0, 0.1) is 10.1 Å². The van der Waals surface area contributed by atoms with Gasteiger partial charge in [-0.3, -0.25) is 10.1 Å². The van der Waals surface area contributed by atoms with Crippen LogP contribution in [0.5, 0.6) is 0 Å². The lowest BCUT2D eigenvalue weighted by Crippen LogP contribution is -2.36. The Morgan fingerprint density at radius 2 is 1.96 bits per heavy atom. The van der Waals surface area contributed by atoms with Crippen molar-refractivity contribution in [2.45, 2.75) is 20.0 Å². The number of nitrogens with zero attached hydrogens (tertiary/aromatic N) is 2. The number of thiophene rings is 1. The largest absolute Gasteiger partial charge is 0.357 e. The summed E-state index contributed by atoms with van der Waals surface area (Å²) in [7, 11) is 0. The van der Waals surface area contributed by atoms with E-state index < -0.39 is 4.92 Å². The van der Waals surface area contributed by atoms with E-state index in [1.165, 1.54) is 17.7 Å². The highest BCUT2D eigenvalue weighted by Gasteiger charge is 2.04. The summed E-state index contributed by atoms with van der Waals surface area (Å²) in [5.41, 5.74) is 2.24. The first-order valence-electron chi connectivity index (χ1n) is 6.95. The fourth-order valence-corrected chi connectivity index (χ4v) is 2.48. The minimum absolute atomic E-state index is 0. The molecule has 8 heteroatoms. The maximum atomic E-state index is 10.6. The quantitative estimate of drug-likeness (QED) is 0.234. The van der Waals surface area contributed by atoms with E-state index in [-0.39, 0.29) is 29.7 Å². The molecule has 2 aromatic rings. The fourth-order valence-electron chi connectivity index (χ4n) is 1.82. The van der Waals surface area contributed by atoms with Gasteiger partial charge < -0.3 is 10.6 Å². The second kappa shape index (κ2) is 10.2. The monoisotopic (exact) mass is 446 g/mol. The van der Waals surface area contributed by atoms with E-state index in [1.54, 1.807) is 23.5 Å². The molecule has 0 aliphatic heterocycles. The summed E-state index contributed by atoms with van der Waals surface area (Å²) in [6.45, 7) is 3.97. The molecular formula is C15H19IN4O2S. The predicted octanol–water partition coefficient (Wildman–Crippen LogP) is 3.53. The van der Waals surface area contributed by atoms with Crippen LogP contribution in [0.3, 0.4) is 0 Å². The molecular weight excluding hydrogens is 427 g/mol. The van der Waals surface area contributed by atoms with Crippen molar-refractivity contribution in [1.82, 2.24) is 10.6 Å². The van der Waals surface area contributed by atoms with Gasteiger partial charge in [-0.15, -0.1) is 24.0 Å². The highest BCUT2D eigenvalue weighted by molar-refractivity contribution is 14.0. The number of hydrogen-bond donors (Lipinski definition) is 2. The van der Waals surface area contributed by atoms with Crippen molar-refractivity contribution >= 4 is 47.0 Å². The van der Waals surface area contributed by atoms with Crippen LogP contribution < -0.4 is 10.6 Å². The average Bonchev–Trinajstić information content (AvgIpc) is 3.04. The summed E-state index contributed by atoms with van der Waals surface area (Å²) in [6, 6.07) is 8.55. The van der Waals surface area contributed by atoms with E-state index in [9.17, 15) is 10.1 Å². The van der Waals surface area contributed by atoms with Gasteiger partial charge in [0.1, 0.15) is 0 Å². The Morgan fingerprint density at radius 3 is 2.52 bits per heavy atom. The lowest BCUT2D eigenvalue weighted by atomic mass is 10.2. The van der Waals surface area contributed by atoms with Crippen LogP contribution in [0.4, 0.5) is 5.69 Å². The zero-order valence-electron chi connectivity index (χ0n) is 12.7. The molecule has 0 unspecified atom stereocenters. The molecule has 0 bridgehead atoms. The number of nitrogens with one attached hydrogen (secondary N) is 2. The van der Waals surface area contributed by atoms with Crippen molar-refractivity contribution in [3.8, 4) is 0 Å². The zero-order chi connectivity index (χ0) is 15.8. The van der Waals surface area contributed by atoms with E-state index in [1.807, 2.05) is 18.4 Å². The number of rotatable bonds is 6. The number of non-ortho nitro benzene ring substituents is 1. The van der Waals surface area contributed by atoms with Gasteiger partial charge in [0.25, 0.3) is 5.69 Å². The summed E-state index contributed by atoms with van der Waals surface area (Å²) >= 11 is 1.65. The molecule has 0 radical (unpaired) electrons. The Labute approximate surface area is 156 Å². The van der Waals surface area contributed by atoms with Gasteiger partial charge in [-0.2, -0.15) is 11.3 Å². The minimum atomic E-state index is -0.399. The average molecular weight is 446 g/mol. The highest BCUT2D eigenvalue weighted by atomic mass is 127. The van der Waals surface area contributed by atoms with Gasteiger partial charge in [0.15, 0.2) is 5.96 Å². The van der Waals surface area contributed by atoms with Crippen LogP contribution in [0.2, 0.25) is 0 Å². The molecule has 1 aromatic heterocycles. The van der Waals surface area contributed by atoms with E-state index in [0.29, 0.717) is 13.1 Å². The first-order chi connectivity index (χ1) is 10.7. The fraction of sp³-hybridized carbons (Fsp3) is 0.267. The Balaban J connectivity index is 0.00000264. The zero-order valence-corrected chi connectivity index (χ0v) is 15.8. The van der Waals surface area contributed by atoms with Gasteiger partial charge in [0.05, 0.1) is 11.5 Å². The molecule has 0 saturated carbocycles. The van der Waals surface area contributed by atoms with Gasteiger partial charge in [-0.05, 0) is 34.9 Å². The van der Waals surface area contributed by atoms with Gasteiger partial charge in [-0.25, -0.2) is 4.99 Å². The summed E-state index contributed by atoms with van der Waals surface area (Å²) in [6.07, 6.45) is 0. The topological polar surface area (TPSA) is 79.6 Å². The molecule has 0 saturated heterocycles. The first kappa shape index (κ1) is 19.4. The standard InChI is InChI=1S/C15H18N4O2S.HI/c1-2-16-15(18-10-13-7-8-22-11-13)17-9-12-3-5-14(6-4-12)19(20)21;/h3-8,11H,2,9-10H2,1H3,(H2,16,17,18);1H. The summed E-state index contributed by atoms with van der Waals surface area (Å²) < 4.78 is 0. The third-order valence-corrected chi connectivity index (χ3v) is 3.68. The Hall–Kier alpha value is -1.68. The van der Waals surface area contributed by atoms with Crippen molar-refractivity contribution in [2.24, 2.45) is 4.99 Å². The lowest BCUT2D eigenvalue weighted by Gasteiger charge is -2.11. The second-order valence-corrected chi connectivity index (χ2v) is 5.38. The molecule has 124 valence electrons. The molecule has 2 N–H and O–H groups in total.